The van der Waals surface area contributed by atoms with Gasteiger partial charge in [-0.3, -0.25) is 0 Å². The molecule has 1 heterocycles. The monoisotopic (exact) mass is 170 g/mol. The minimum atomic E-state index is -0.293. The Morgan fingerprint density at radius 3 is 3.00 bits per heavy atom. The van der Waals surface area contributed by atoms with Crippen LogP contribution in [-0.4, -0.2) is 17.2 Å². The fraction of sp³-hybridized carbons (Fsp3) is 0.625. The van der Waals surface area contributed by atoms with Crippen LogP contribution in [0, 0.1) is 17.8 Å². The molecule has 2 unspecified atom stereocenters. The molecule has 0 aliphatic carbocycles. The van der Waals surface area contributed by atoms with Gasteiger partial charge in [-0.05, 0) is 18.7 Å². The molecule has 0 aromatic rings. The number of terminal acetylenes is 1. The Kier molecular flexibility index (Phi) is 2.15. The summed E-state index contributed by atoms with van der Waals surface area (Å²) in [5.41, 5.74) is -0.293. The summed E-state index contributed by atoms with van der Waals surface area (Å²) in [6, 6.07) is 0. The number of thioether (sulfide) groups is 1. The molecule has 1 aliphatic rings. The molecule has 11 heavy (non-hydrogen) atoms. The first-order chi connectivity index (χ1) is 5.08. The molecule has 0 aromatic carbocycles. The van der Waals surface area contributed by atoms with Crippen molar-refractivity contribution in [3.63, 3.8) is 0 Å². The molecule has 0 amide bonds. The molecule has 0 aromatic heterocycles. The third-order valence-corrected chi connectivity index (χ3v) is 3.17. The van der Waals surface area contributed by atoms with Crippen molar-refractivity contribution < 1.29 is 9.53 Å². The molecule has 2 atom stereocenters. The fourth-order valence-electron chi connectivity index (χ4n) is 0.794. The second kappa shape index (κ2) is 2.78. The topological polar surface area (TPSA) is 26.3 Å². The Morgan fingerprint density at radius 2 is 2.55 bits per heavy atom. The molecule has 3 heteroatoms. The molecule has 0 N–H and O–H groups in total. The molecule has 1 rings (SSSR count). The van der Waals surface area contributed by atoms with Crippen molar-refractivity contribution >= 4 is 17.1 Å². The average molecular weight is 170 g/mol. The van der Waals surface area contributed by atoms with Gasteiger partial charge in [0.15, 0.2) is 0 Å². The molecular formula is C8H10O2S. The minimum Gasteiger partial charge on any atom is -0.456 e. The molecule has 1 aliphatic heterocycles. The van der Waals surface area contributed by atoms with Crippen LogP contribution in [0.1, 0.15) is 13.8 Å². The number of ether oxygens (including phenoxy) is 1. The summed E-state index contributed by atoms with van der Waals surface area (Å²) in [4.78, 5) is 10.7. The van der Waals surface area contributed by atoms with Crippen molar-refractivity contribution in [2.45, 2.75) is 19.1 Å². The van der Waals surface area contributed by atoms with Crippen LogP contribution in [0.5, 0.6) is 0 Å². The molecule has 1 saturated heterocycles. The zero-order valence-corrected chi connectivity index (χ0v) is 7.40. The maximum Gasteiger partial charge on any atom is 0.367 e. The summed E-state index contributed by atoms with van der Waals surface area (Å²) in [5, 5.41) is -0.0704. The first-order valence-corrected chi connectivity index (χ1v) is 4.27. The van der Waals surface area contributed by atoms with E-state index in [1.807, 2.05) is 13.8 Å². The molecule has 0 spiro atoms. The van der Waals surface area contributed by atoms with Gasteiger partial charge in [-0.2, -0.15) is 0 Å². The van der Waals surface area contributed by atoms with E-state index in [2.05, 4.69) is 5.92 Å². The van der Waals surface area contributed by atoms with E-state index in [0.717, 1.165) is 0 Å². The van der Waals surface area contributed by atoms with Crippen LogP contribution in [0.2, 0.25) is 0 Å². The van der Waals surface area contributed by atoms with E-state index in [1.165, 1.54) is 11.8 Å². The summed E-state index contributed by atoms with van der Waals surface area (Å²) in [6.45, 7) is 4.22. The number of hydrogen-bond donors (Lipinski definition) is 0. The molecule has 60 valence electrons. The Hall–Kier alpha value is -0.620. The van der Waals surface area contributed by atoms with Crippen LogP contribution < -0.4 is 0 Å². The lowest BCUT2D eigenvalue weighted by Crippen LogP contribution is -2.37. The summed E-state index contributed by atoms with van der Waals surface area (Å²) in [5.74, 6) is 2.65. The second-order valence-corrected chi connectivity index (χ2v) is 4.14. The highest BCUT2D eigenvalue weighted by Gasteiger charge is 2.37. The van der Waals surface area contributed by atoms with E-state index >= 15 is 0 Å². The minimum absolute atomic E-state index is 0.147. The first kappa shape index (κ1) is 8.48. The summed E-state index contributed by atoms with van der Waals surface area (Å²) >= 11 is 1.17. The van der Waals surface area contributed by atoms with Crippen molar-refractivity contribution in [1.82, 2.24) is 0 Å². The quantitative estimate of drug-likeness (QED) is 0.410. The lowest BCUT2D eigenvalue weighted by Gasteiger charge is -2.32. The van der Waals surface area contributed by atoms with Crippen molar-refractivity contribution in [2.24, 2.45) is 5.41 Å². The van der Waals surface area contributed by atoms with Gasteiger partial charge in [-0.25, -0.2) is 4.79 Å². The maximum atomic E-state index is 10.7. The molecule has 2 nitrogen and oxygen atoms in total. The average Bonchev–Trinajstić information content (AvgIpc) is 1.98. The van der Waals surface area contributed by atoms with E-state index in [1.54, 1.807) is 0 Å². The zero-order chi connectivity index (χ0) is 8.48. The van der Waals surface area contributed by atoms with Gasteiger partial charge in [0.1, 0.15) is 6.61 Å². The molecule has 1 fully saturated rings. The number of carbonyl (C=O) groups excluding carboxylic acids is 1. The lowest BCUT2D eigenvalue weighted by molar-refractivity contribution is 0.129. The van der Waals surface area contributed by atoms with E-state index in [4.69, 9.17) is 11.2 Å². The molecular weight excluding hydrogens is 160 g/mol. The predicted octanol–water partition coefficient (Wildman–Crippen LogP) is 1.90. The third-order valence-electron chi connectivity index (χ3n) is 1.99. The highest BCUT2D eigenvalue weighted by Crippen LogP contribution is 2.36. The van der Waals surface area contributed by atoms with Crippen LogP contribution in [0.4, 0.5) is 4.79 Å². The van der Waals surface area contributed by atoms with Crippen molar-refractivity contribution in [3.05, 3.63) is 0 Å². The van der Waals surface area contributed by atoms with Gasteiger partial charge in [-0.1, -0.05) is 12.8 Å². The van der Waals surface area contributed by atoms with Gasteiger partial charge in [0.05, 0.1) is 5.41 Å². The predicted molar refractivity (Wildman–Crippen MR) is 45.3 cm³/mol. The zero-order valence-electron chi connectivity index (χ0n) is 6.59. The molecule has 0 radical (unpaired) electrons. The summed E-state index contributed by atoms with van der Waals surface area (Å²) < 4.78 is 4.84. The second-order valence-electron chi connectivity index (χ2n) is 2.86. The van der Waals surface area contributed by atoms with Crippen LogP contribution in [0.3, 0.4) is 0 Å². The lowest BCUT2D eigenvalue weighted by atomic mass is 9.89. The van der Waals surface area contributed by atoms with E-state index in [-0.39, 0.29) is 16.0 Å². The van der Waals surface area contributed by atoms with Crippen LogP contribution in [0.25, 0.3) is 0 Å². The van der Waals surface area contributed by atoms with Crippen molar-refractivity contribution in [2.75, 3.05) is 6.61 Å². The van der Waals surface area contributed by atoms with E-state index in [0.29, 0.717) is 6.61 Å². The van der Waals surface area contributed by atoms with Gasteiger partial charge in [0.25, 0.3) is 0 Å². The van der Waals surface area contributed by atoms with Crippen LogP contribution >= 0.6 is 11.8 Å². The van der Waals surface area contributed by atoms with E-state index < -0.39 is 0 Å². The van der Waals surface area contributed by atoms with Crippen LogP contribution in [-0.2, 0) is 4.74 Å². The normalized spacial score (nSPS) is 37.5. The van der Waals surface area contributed by atoms with Gasteiger partial charge in [-0.15, -0.1) is 6.42 Å². The third kappa shape index (κ3) is 1.51. The maximum absolute atomic E-state index is 10.7. The number of cyclic esters (lactones) is 1. The van der Waals surface area contributed by atoms with Gasteiger partial charge in [0, 0.05) is 5.25 Å². The summed E-state index contributed by atoms with van der Waals surface area (Å²) in [6.07, 6.45) is 5.32. The smallest absolute Gasteiger partial charge is 0.367 e. The van der Waals surface area contributed by atoms with Gasteiger partial charge in [0.2, 0.25) is 0 Å². The van der Waals surface area contributed by atoms with Crippen LogP contribution in [0.15, 0.2) is 0 Å². The van der Waals surface area contributed by atoms with Gasteiger partial charge >= 0.3 is 5.30 Å². The Labute approximate surface area is 70.7 Å². The fourth-order valence-corrected chi connectivity index (χ4v) is 1.61. The molecule has 0 bridgehead atoms. The number of carbonyl (C=O) groups is 1. The molecule has 0 saturated carbocycles. The van der Waals surface area contributed by atoms with Crippen molar-refractivity contribution in [1.29, 1.82) is 0 Å². The number of hydrogen-bond acceptors (Lipinski definition) is 3. The Bertz CT molecular complexity index is 219. The standard InChI is InChI=1S/C8H10O2S/c1-4-8(3)5-10-7(9)11-6(8)2/h1,6H,5H2,2-3H3. The van der Waals surface area contributed by atoms with Crippen molar-refractivity contribution in [3.8, 4) is 12.3 Å². The van der Waals surface area contributed by atoms with Gasteiger partial charge < -0.3 is 4.74 Å². The highest BCUT2D eigenvalue weighted by atomic mass is 32.2. The highest BCUT2D eigenvalue weighted by molar-refractivity contribution is 8.13. The number of rotatable bonds is 0. The first-order valence-electron chi connectivity index (χ1n) is 3.40. The Balaban J connectivity index is 2.73. The Morgan fingerprint density at radius 1 is 1.91 bits per heavy atom. The van der Waals surface area contributed by atoms with E-state index in [9.17, 15) is 4.79 Å². The largest absolute Gasteiger partial charge is 0.456 e. The summed E-state index contributed by atoms with van der Waals surface area (Å²) in [7, 11) is 0. The SMILES string of the molecule is C#CC1(C)COC(=O)SC1C.